The summed E-state index contributed by atoms with van der Waals surface area (Å²) in [7, 11) is 0. The fraction of sp³-hybridized carbons (Fsp3) is 0.300. The minimum atomic E-state index is -0.220. The standard InChI is InChI=1S/C20H22N4O2.ClH/c1-13-11-22-24(18-8-4-6-14-5-2-3-7-17(14)18)19(13)23-20(25)15-9-16(10-21)26-12-15;/h2-3,5,7,9,11-12,18H,4,6,8,10,21H2,1H3,(H,23,25);1H. The Morgan fingerprint density at radius 2 is 2.22 bits per heavy atom. The first-order valence-corrected chi connectivity index (χ1v) is 8.88. The number of furan rings is 1. The van der Waals surface area contributed by atoms with Crippen LogP contribution < -0.4 is 11.1 Å². The molecule has 0 fully saturated rings. The molecule has 2 heterocycles. The summed E-state index contributed by atoms with van der Waals surface area (Å²) in [5, 5.41) is 7.57. The molecule has 1 aliphatic rings. The van der Waals surface area contributed by atoms with Crippen molar-refractivity contribution in [1.82, 2.24) is 9.78 Å². The molecule has 27 heavy (non-hydrogen) atoms. The molecule has 4 rings (SSSR count). The van der Waals surface area contributed by atoms with E-state index < -0.39 is 0 Å². The topological polar surface area (TPSA) is 86.1 Å². The number of amides is 1. The number of aryl methyl sites for hydroxylation is 2. The molecule has 0 spiro atoms. The van der Waals surface area contributed by atoms with Gasteiger partial charge in [0.2, 0.25) is 0 Å². The number of anilines is 1. The van der Waals surface area contributed by atoms with E-state index in [1.54, 1.807) is 12.3 Å². The second kappa shape index (κ2) is 7.98. The zero-order valence-electron chi connectivity index (χ0n) is 15.1. The molecule has 0 saturated heterocycles. The van der Waals surface area contributed by atoms with Crippen molar-refractivity contribution in [3.63, 3.8) is 0 Å². The molecular formula is C20H23ClN4O2. The lowest BCUT2D eigenvalue weighted by atomic mass is 9.88. The Labute approximate surface area is 164 Å². The lowest BCUT2D eigenvalue weighted by Crippen LogP contribution is -2.22. The van der Waals surface area contributed by atoms with Crippen LogP contribution in [-0.4, -0.2) is 15.7 Å². The highest BCUT2D eigenvalue weighted by molar-refractivity contribution is 6.04. The third kappa shape index (κ3) is 3.63. The van der Waals surface area contributed by atoms with E-state index in [-0.39, 0.29) is 30.9 Å². The van der Waals surface area contributed by atoms with Crippen LogP contribution >= 0.6 is 12.4 Å². The molecule has 1 aliphatic carbocycles. The summed E-state index contributed by atoms with van der Waals surface area (Å²) in [6.45, 7) is 2.22. The average Bonchev–Trinajstić information content (AvgIpc) is 3.29. The van der Waals surface area contributed by atoms with E-state index in [0.717, 1.165) is 30.6 Å². The lowest BCUT2D eigenvalue weighted by molar-refractivity contribution is 0.102. The van der Waals surface area contributed by atoms with E-state index in [9.17, 15) is 4.79 Å². The van der Waals surface area contributed by atoms with Gasteiger partial charge in [-0.2, -0.15) is 5.10 Å². The molecule has 0 aliphatic heterocycles. The van der Waals surface area contributed by atoms with Crippen LogP contribution in [0.25, 0.3) is 0 Å². The predicted octanol–water partition coefficient (Wildman–Crippen LogP) is 3.84. The Morgan fingerprint density at radius 1 is 1.41 bits per heavy atom. The van der Waals surface area contributed by atoms with Crippen molar-refractivity contribution < 1.29 is 9.21 Å². The first-order chi connectivity index (χ1) is 12.7. The predicted molar refractivity (Wildman–Crippen MR) is 106 cm³/mol. The fourth-order valence-corrected chi connectivity index (χ4v) is 3.61. The van der Waals surface area contributed by atoms with Crippen molar-refractivity contribution in [2.45, 2.75) is 38.8 Å². The summed E-state index contributed by atoms with van der Waals surface area (Å²) >= 11 is 0. The molecule has 0 bridgehead atoms. The van der Waals surface area contributed by atoms with Gasteiger partial charge < -0.3 is 15.5 Å². The van der Waals surface area contributed by atoms with Gasteiger partial charge in [-0.05, 0) is 43.4 Å². The van der Waals surface area contributed by atoms with Gasteiger partial charge in [0.05, 0.1) is 24.3 Å². The maximum Gasteiger partial charge on any atom is 0.260 e. The van der Waals surface area contributed by atoms with Gasteiger partial charge >= 0.3 is 0 Å². The third-order valence-corrected chi connectivity index (χ3v) is 4.96. The third-order valence-electron chi connectivity index (χ3n) is 4.96. The minimum absolute atomic E-state index is 0. The zero-order chi connectivity index (χ0) is 18.1. The summed E-state index contributed by atoms with van der Waals surface area (Å²) in [4.78, 5) is 12.6. The van der Waals surface area contributed by atoms with E-state index in [4.69, 9.17) is 10.2 Å². The van der Waals surface area contributed by atoms with Crippen molar-refractivity contribution in [3.8, 4) is 0 Å². The number of nitrogens with zero attached hydrogens (tertiary/aromatic N) is 2. The molecule has 0 saturated carbocycles. The van der Waals surface area contributed by atoms with E-state index in [1.165, 1.54) is 17.4 Å². The summed E-state index contributed by atoms with van der Waals surface area (Å²) in [5.41, 5.74) is 9.59. The smallest absolute Gasteiger partial charge is 0.260 e. The number of hydrogen-bond donors (Lipinski definition) is 2. The largest absolute Gasteiger partial charge is 0.467 e. The van der Waals surface area contributed by atoms with Crippen LogP contribution in [0.3, 0.4) is 0 Å². The van der Waals surface area contributed by atoms with Crippen LogP contribution in [0.4, 0.5) is 5.82 Å². The molecule has 1 unspecified atom stereocenters. The number of halogens is 1. The summed E-state index contributed by atoms with van der Waals surface area (Å²) < 4.78 is 7.21. The van der Waals surface area contributed by atoms with Gasteiger partial charge in [0.25, 0.3) is 5.91 Å². The number of carbonyl (C=O) groups is 1. The molecule has 2 aromatic heterocycles. The fourth-order valence-electron chi connectivity index (χ4n) is 3.61. The van der Waals surface area contributed by atoms with Gasteiger partial charge in [0, 0.05) is 5.56 Å². The number of rotatable bonds is 4. The Kier molecular flexibility index (Phi) is 5.68. The summed E-state index contributed by atoms with van der Waals surface area (Å²) in [6, 6.07) is 10.3. The second-order valence-corrected chi connectivity index (χ2v) is 6.69. The highest BCUT2D eigenvalue weighted by Gasteiger charge is 2.25. The maximum atomic E-state index is 12.6. The molecule has 0 radical (unpaired) electrons. The van der Waals surface area contributed by atoms with Gasteiger partial charge in [0.15, 0.2) is 0 Å². The highest BCUT2D eigenvalue weighted by atomic mass is 35.5. The Balaban J connectivity index is 0.00000210. The van der Waals surface area contributed by atoms with Crippen molar-refractivity contribution in [2.24, 2.45) is 5.73 Å². The van der Waals surface area contributed by atoms with Crippen LogP contribution in [0.5, 0.6) is 0 Å². The van der Waals surface area contributed by atoms with Crippen molar-refractivity contribution in [2.75, 3.05) is 5.32 Å². The van der Waals surface area contributed by atoms with Crippen molar-refractivity contribution >= 4 is 24.1 Å². The van der Waals surface area contributed by atoms with Gasteiger partial charge in [-0.25, -0.2) is 4.68 Å². The molecular weight excluding hydrogens is 364 g/mol. The summed E-state index contributed by atoms with van der Waals surface area (Å²) in [5.74, 6) is 1.09. The molecule has 3 N–H and O–H groups in total. The normalized spacial score (nSPS) is 15.7. The van der Waals surface area contributed by atoms with E-state index in [2.05, 4.69) is 34.7 Å². The molecule has 3 aromatic rings. The van der Waals surface area contributed by atoms with Crippen LogP contribution in [0.1, 0.15) is 51.7 Å². The van der Waals surface area contributed by atoms with Gasteiger partial charge in [0.1, 0.15) is 17.8 Å². The van der Waals surface area contributed by atoms with E-state index >= 15 is 0 Å². The average molecular weight is 387 g/mol. The molecule has 1 aromatic carbocycles. The van der Waals surface area contributed by atoms with E-state index in [0.29, 0.717) is 11.3 Å². The molecule has 7 heteroatoms. The van der Waals surface area contributed by atoms with Gasteiger partial charge in [-0.15, -0.1) is 12.4 Å². The molecule has 1 atom stereocenters. The number of nitrogens with two attached hydrogens (primary N) is 1. The zero-order valence-corrected chi connectivity index (χ0v) is 16.0. The maximum absolute atomic E-state index is 12.6. The number of benzene rings is 1. The monoisotopic (exact) mass is 386 g/mol. The minimum Gasteiger partial charge on any atom is -0.467 e. The summed E-state index contributed by atoms with van der Waals surface area (Å²) in [6.07, 6.45) is 6.43. The first kappa shape index (κ1) is 19.2. The Bertz CT molecular complexity index is 947. The lowest BCUT2D eigenvalue weighted by Gasteiger charge is -2.27. The van der Waals surface area contributed by atoms with Crippen LogP contribution in [0.2, 0.25) is 0 Å². The van der Waals surface area contributed by atoms with Crippen molar-refractivity contribution in [3.05, 3.63) is 70.8 Å². The molecule has 1 amide bonds. The molecule has 6 nitrogen and oxygen atoms in total. The number of nitrogens with one attached hydrogen (secondary N) is 1. The van der Waals surface area contributed by atoms with Gasteiger partial charge in [-0.3, -0.25) is 4.79 Å². The second-order valence-electron chi connectivity index (χ2n) is 6.69. The Hall–Kier alpha value is -2.57. The van der Waals surface area contributed by atoms with Gasteiger partial charge in [-0.1, -0.05) is 24.3 Å². The Morgan fingerprint density at radius 3 is 3.00 bits per heavy atom. The first-order valence-electron chi connectivity index (χ1n) is 8.88. The van der Waals surface area contributed by atoms with E-state index in [1.807, 2.05) is 11.6 Å². The van der Waals surface area contributed by atoms with Crippen molar-refractivity contribution in [1.29, 1.82) is 0 Å². The SMILES string of the molecule is Cc1cnn(C2CCCc3ccccc32)c1NC(=O)c1coc(CN)c1.Cl. The number of carbonyl (C=O) groups excluding carboxylic acids is 1. The number of fused-ring (bicyclic) bond motifs is 1. The van der Waals surface area contributed by atoms with Crippen LogP contribution in [-0.2, 0) is 13.0 Å². The van der Waals surface area contributed by atoms with Crippen LogP contribution in [0, 0.1) is 6.92 Å². The van der Waals surface area contributed by atoms with Crippen LogP contribution in [0.15, 0.2) is 47.2 Å². The number of aromatic nitrogens is 2. The number of hydrogen-bond acceptors (Lipinski definition) is 4. The quantitative estimate of drug-likeness (QED) is 0.713. The highest BCUT2D eigenvalue weighted by Crippen LogP contribution is 2.35. The molecule has 142 valence electrons.